The van der Waals surface area contributed by atoms with Gasteiger partial charge in [0.2, 0.25) is 0 Å². The van der Waals surface area contributed by atoms with Gasteiger partial charge >= 0.3 is 0 Å². The van der Waals surface area contributed by atoms with E-state index in [9.17, 15) is 28.9 Å². The summed E-state index contributed by atoms with van der Waals surface area (Å²) >= 11 is 6.10. The van der Waals surface area contributed by atoms with Gasteiger partial charge in [0.25, 0.3) is 0 Å². The Hall–Kier alpha value is -2.42. The fourth-order valence-electron chi connectivity index (χ4n) is 11.9. The van der Waals surface area contributed by atoms with Gasteiger partial charge in [-0.2, -0.15) is 0 Å². The lowest BCUT2D eigenvalue weighted by Crippen LogP contribution is -2.67. The first-order valence-corrected chi connectivity index (χ1v) is 18.1. The maximum Gasteiger partial charge on any atom is 0.189 e. The first-order valence-electron chi connectivity index (χ1n) is 17.7. The number of halogens is 3. The highest BCUT2D eigenvalue weighted by Crippen LogP contribution is 2.78. The number of hydrogen-bond donors (Lipinski definition) is 3. The lowest BCUT2D eigenvalue weighted by atomic mass is 9.32. The second-order valence-corrected chi connectivity index (χ2v) is 17.0. The van der Waals surface area contributed by atoms with Gasteiger partial charge in [-0.05, 0) is 111 Å². The van der Waals surface area contributed by atoms with E-state index in [0.717, 1.165) is 43.4 Å². The van der Waals surface area contributed by atoms with Crippen molar-refractivity contribution < 1.29 is 28.9 Å². The van der Waals surface area contributed by atoms with E-state index in [1.165, 1.54) is 6.07 Å². The van der Waals surface area contributed by atoms with E-state index in [4.69, 9.17) is 11.6 Å². The summed E-state index contributed by atoms with van der Waals surface area (Å²) in [5.74, 6) is -2.25. The van der Waals surface area contributed by atoms with Gasteiger partial charge in [0.1, 0.15) is 0 Å². The summed E-state index contributed by atoms with van der Waals surface area (Å²) in [7, 11) is 0. The number of carbonyl (C=O) groups is 1. The third kappa shape index (κ3) is 4.36. The molecule has 2 bridgehead atoms. The van der Waals surface area contributed by atoms with E-state index in [1.54, 1.807) is 0 Å². The molecule has 1 heterocycles. The lowest BCUT2D eigenvalue weighted by molar-refractivity contribution is -0.178. The lowest BCUT2D eigenvalue weighted by Gasteiger charge is -2.71. The molecule has 2 aromatic carbocycles. The van der Waals surface area contributed by atoms with Crippen LogP contribution in [0.4, 0.5) is 8.78 Å². The second kappa shape index (κ2) is 10.8. The van der Waals surface area contributed by atoms with Gasteiger partial charge in [-0.15, -0.1) is 0 Å². The summed E-state index contributed by atoms with van der Waals surface area (Å²) in [6, 6.07) is 10.8. The summed E-state index contributed by atoms with van der Waals surface area (Å²) < 4.78 is 28.5. The highest BCUT2D eigenvalue weighted by molar-refractivity contribution is 6.30. The van der Waals surface area contributed by atoms with Crippen molar-refractivity contribution in [3.05, 3.63) is 94.0 Å². The van der Waals surface area contributed by atoms with Gasteiger partial charge in [-0.25, -0.2) is 8.78 Å². The maximum atomic E-state index is 14.6. The Morgan fingerprint density at radius 1 is 0.875 bits per heavy atom. The zero-order valence-electron chi connectivity index (χ0n) is 27.8. The number of aliphatic hydroxyl groups excluding tert-OH is 1. The normalized spacial score (nSPS) is 41.3. The van der Waals surface area contributed by atoms with Gasteiger partial charge in [0.15, 0.2) is 17.4 Å². The number of allylic oxidation sites excluding steroid dienone is 4. The number of Topliss-reactive ketones (excluding diaryl/α,β-unsaturated/α-hetero) is 1. The van der Waals surface area contributed by atoms with Crippen LogP contribution in [0.1, 0.15) is 87.6 Å². The maximum absolute atomic E-state index is 14.6. The molecule has 1 saturated heterocycles. The molecule has 9 rings (SSSR count). The third-order valence-corrected chi connectivity index (χ3v) is 14.9. The molecular formula is C40H46ClF2NO4. The quantitative estimate of drug-likeness (QED) is 0.227. The second-order valence-electron chi connectivity index (χ2n) is 16.6. The molecule has 8 atom stereocenters. The minimum Gasteiger partial charge on any atom is -0.393 e. The molecular weight excluding hydrogens is 632 g/mol. The molecule has 256 valence electrons. The van der Waals surface area contributed by atoms with Gasteiger partial charge in [-0.1, -0.05) is 55.8 Å². The van der Waals surface area contributed by atoms with Gasteiger partial charge in [0.05, 0.1) is 17.3 Å². The van der Waals surface area contributed by atoms with Crippen LogP contribution in [0.2, 0.25) is 5.02 Å². The van der Waals surface area contributed by atoms with Crippen LogP contribution in [0.3, 0.4) is 0 Å². The van der Waals surface area contributed by atoms with E-state index in [2.05, 4.69) is 37.0 Å². The number of fused-ring (bicyclic) bond motifs is 1. The highest BCUT2D eigenvalue weighted by Gasteiger charge is 2.74. The Labute approximate surface area is 286 Å². The van der Waals surface area contributed by atoms with Crippen LogP contribution in [0.25, 0.3) is 0 Å². The molecule has 1 aliphatic heterocycles. The van der Waals surface area contributed by atoms with Gasteiger partial charge in [0, 0.05) is 52.0 Å². The van der Waals surface area contributed by atoms with Crippen LogP contribution in [0, 0.1) is 45.1 Å². The molecule has 7 aliphatic rings. The first kappa shape index (κ1) is 32.8. The number of piperidine rings is 1. The molecule has 8 unspecified atom stereocenters. The average molecular weight is 678 g/mol. The van der Waals surface area contributed by atoms with E-state index in [0.29, 0.717) is 62.3 Å². The zero-order chi connectivity index (χ0) is 33.9. The van der Waals surface area contributed by atoms with Crippen LogP contribution in [0.5, 0.6) is 0 Å². The minimum absolute atomic E-state index is 0.0386. The molecule has 8 heteroatoms. The number of ketones is 1. The standard InChI is InChI=1S/C40H46ClF2NO4/c1-35-12-9-28(45)22-37(35)15-16-40(29(23-37)34(46)25-3-8-30(42)31(43)21-25)32(35)10-13-36(2)33(40)11-14-39(36,48)24-44-19-17-38(47,18-20-44)26-4-6-27(41)7-5-26/h3-8,15-16,21,23,28,32-33,45,47-48H,9-14,17-20,22,24H2,1-2H3. The molecule has 0 amide bonds. The molecule has 2 spiro atoms. The number of rotatable bonds is 5. The SMILES string of the molecule is CC12CCC(O)CC13C=CC1(C(C(=O)c4ccc(F)c(F)c4)=C3)C2CCC2(C)C1CCC2(O)CN1CCC(O)(c2ccc(Cl)cc2)CC1. The third-order valence-electron chi connectivity index (χ3n) is 14.7. The van der Waals surface area contributed by atoms with Crippen LogP contribution < -0.4 is 0 Å². The number of carbonyl (C=O) groups excluding carboxylic acids is 1. The molecule has 4 fully saturated rings. The van der Waals surface area contributed by atoms with Crippen molar-refractivity contribution in [3.8, 4) is 0 Å². The summed E-state index contributed by atoms with van der Waals surface area (Å²) in [5, 5.41) is 35.8. The van der Waals surface area contributed by atoms with Crippen molar-refractivity contribution >= 4 is 17.4 Å². The Bertz CT molecular complexity index is 1720. The molecule has 5 nitrogen and oxygen atoms in total. The molecule has 3 N–H and O–H groups in total. The predicted octanol–water partition coefficient (Wildman–Crippen LogP) is 7.38. The summed E-state index contributed by atoms with van der Waals surface area (Å²) in [4.78, 5) is 16.9. The van der Waals surface area contributed by atoms with Crippen molar-refractivity contribution in [1.29, 1.82) is 0 Å². The number of benzene rings is 2. The predicted molar refractivity (Wildman–Crippen MR) is 180 cm³/mol. The zero-order valence-corrected chi connectivity index (χ0v) is 28.6. The number of aliphatic hydroxyl groups is 3. The monoisotopic (exact) mass is 677 g/mol. The highest BCUT2D eigenvalue weighted by atomic mass is 35.5. The molecule has 0 radical (unpaired) electrons. The van der Waals surface area contributed by atoms with Crippen molar-refractivity contribution in [3.63, 3.8) is 0 Å². The molecule has 0 aromatic heterocycles. The fraction of sp³-hybridized carbons (Fsp3) is 0.575. The summed E-state index contributed by atoms with van der Waals surface area (Å²) in [5.41, 5.74) is -2.19. The van der Waals surface area contributed by atoms with E-state index in [-0.39, 0.29) is 28.6 Å². The first-order chi connectivity index (χ1) is 22.7. The van der Waals surface area contributed by atoms with E-state index in [1.807, 2.05) is 24.3 Å². The Kier molecular flexibility index (Phi) is 7.37. The number of nitrogens with zero attached hydrogens (tertiary/aromatic N) is 1. The minimum atomic E-state index is -1.05. The Morgan fingerprint density at radius 2 is 1.54 bits per heavy atom. The Balaban J connectivity index is 1.14. The van der Waals surface area contributed by atoms with Crippen molar-refractivity contribution in [2.24, 2.45) is 33.5 Å². The molecule has 2 aromatic rings. The van der Waals surface area contributed by atoms with Crippen LogP contribution in [-0.4, -0.2) is 57.3 Å². The van der Waals surface area contributed by atoms with Crippen molar-refractivity contribution in [2.45, 2.75) is 88.9 Å². The van der Waals surface area contributed by atoms with Crippen LogP contribution in [-0.2, 0) is 5.60 Å². The van der Waals surface area contributed by atoms with Crippen LogP contribution >= 0.6 is 11.6 Å². The fourth-order valence-corrected chi connectivity index (χ4v) is 12.0. The van der Waals surface area contributed by atoms with E-state index < -0.39 is 45.2 Å². The molecule has 6 aliphatic carbocycles. The Morgan fingerprint density at radius 3 is 2.25 bits per heavy atom. The van der Waals surface area contributed by atoms with Gasteiger partial charge < -0.3 is 20.2 Å². The summed E-state index contributed by atoms with van der Waals surface area (Å²) in [6.45, 7) is 6.33. The molecule has 3 saturated carbocycles. The van der Waals surface area contributed by atoms with E-state index >= 15 is 0 Å². The van der Waals surface area contributed by atoms with Crippen LogP contribution in [0.15, 0.2) is 66.3 Å². The summed E-state index contributed by atoms with van der Waals surface area (Å²) in [6.07, 6.45) is 12.3. The number of likely N-dealkylation sites (tertiary alicyclic amines) is 1. The van der Waals surface area contributed by atoms with Crippen molar-refractivity contribution in [2.75, 3.05) is 19.6 Å². The smallest absolute Gasteiger partial charge is 0.189 e. The average Bonchev–Trinajstić information content (AvgIpc) is 3.33. The van der Waals surface area contributed by atoms with Crippen molar-refractivity contribution in [1.82, 2.24) is 4.90 Å². The number of hydrogen-bond acceptors (Lipinski definition) is 5. The topological polar surface area (TPSA) is 81.0 Å². The largest absolute Gasteiger partial charge is 0.393 e. The number of β-amino-alcohol motifs (C(OH)–C–C–N with tert-alkyl or cyclic N) is 1. The van der Waals surface area contributed by atoms with Gasteiger partial charge in [-0.3, -0.25) is 4.79 Å². The molecule has 48 heavy (non-hydrogen) atoms.